The van der Waals surface area contributed by atoms with E-state index in [1.165, 1.54) is 23.5 Å². The summed E-state index contributed by atoms with van der Waals surface area (Å²) in [5, 5.41) is 2.25. The first-order valence-electron chi connectivity index (χ1n) is 7.09. The number of imide groups is 2. The topological polar surface area (TPSA) is 79.6 Å². The lowest BCUT2D eigenvalue weighted by molar-refractivity contribution is -0.132. The Balaban J connectivity index is 1.89. The van der Waals surface area contributed by atoms with Gasteiger partial charge in [0, 0.05) is 11.6 Å². The average molecular weight is 288 g/mol. The van der Waals surface area contributed by atoms with Gasteiger partial charge in [0.2, 0.25) is 0 Å². The molecule has 3 rings (SSSR count). The number of amides is 4. The van der Waals surface area contributed by atoms with E-state index < -0.39 is 17.8 Å². The number of carbonyl (C=O) groups excluding carboxylic acids is 3. The van der Waals surface area contributed by atoms with Gasteiger partial charge in [0.1, 0.15) is 5.57 Å². The minimum Gasteiger partial charge on any atom is -0.472 e. The first kappa shape index (κ1) is 13.6. The quantitative estimate of drug-likeness (QED) is 0.667. The van der Waals surface area contributed by atoms with Crippen LogP contribution in [0.3, 0.4) is 0 Å². The van der Waals surface area contributed by atoms with E-state index in [4.69, 9.17) is 4.42 Å². The average Bonchev–Trinajstić information content (AvgIpc) is 2.97. The second-order valence-electron chi connectivity index (χ2n) is 5.34. The van der Waals surface area contributed by atoms with Gasteiger partial charge in [0.15, 0.2) is 0 Å². The highest BCUT2D eigenvalue weighted by molar-refractivity contribution is 6.31. The first-order chi connectivity index (χ1) is 10.2. The maximum Gasteiger partial charge on any atom is 0.331 e. The number of hydrogen-bond donors (Lipinski definition) is 1. The molecule has 1 saturated carbocycles. The van der Waals surface area contributed by atoms with Crippen LogP contribution >= 0.6 is 0 Å². The van der Waals surface area contributed by atoms with Gasteiger partial charge in [-0.25, -0.2) is 4.79 Å². The summed E-state index contributed by atoms with van der Waals surface area (Å²) in [5.74, 6) is -1.17. The fraction of sp³-hybridized carbons (Fsp3) is 0.400. The first-order valence-corrected chi connectivity index (χ1v) is 7.09. The van der Waals surface area contributed by atoms with Crippen molar-refractivity contribution in [3.8, 4) is 0 Å². The monoisotopic (exact) mass is 288 g/mol. The van der Waals surface area contributed by atoms with Crippen molar-refractivity contribution in [2.24, 2.45) is 0 Å². The van der Waals surface area contributed by atoms with Gasteiger partial charge in [-0.2, -0.15) is 0 Å². The molecule has 2 fully saturated rings. The number of barbiturate groups is 1. The molecule has 0 atom stereocenters. The normalized spacial score (nSPS) is 22.8. The van der Waals surface area contributed by atoms with Crippen LogP contribution in [-0.4, -0.2) is 28.8 Å². The molecule has 110 valence electrons. The van der Waals surface area contributed by atoms with Gasteiger partial charge < -0.3 is 4.42 Å². The van der Waals surface area contributed by atoms with Crippen molar-refractivity contribution in [3.05, 3.63) is 29.7 Å². The van der Waals surface area contributed by atoms with Crippen LogP contribution in [0.4, 0.5) is 4.79 Å². The van der Waals surface area contributed by atoms with Crippen molar-refractivity contribution in [1.82, 2.24) is 10.2 Å². The second kappa shape index (κ2) is 5.55. The largest absolute Gasteiger partial charge is 0.472 e. The molecule has 6 heteroatoms. The van der Waals surface area contributed by atoms with Crippen LogP contribution < -0.4 is 5.32 Å². The molecule has 1 aliphatic carbocycles. The number of urea groups is 1. The third-order valence-electron chi connectivity index (χ3n) is 3.93. The molecule has 0 aromatic carbocycles. The highest BCUT2D eigenvalue weighted by atomic mass is 16.3. The number of rotatable bonds is 2. The third kappa shape index (κ3) is 2.61. The van der Waals surface area contributed by atoms with Crippen LogP contribution in [0.25, 0.3) is 6.08 Å². The zero-order chi connectivity index (χ0) is 14.8. The van der Waals surface area contributed by atoms with Crippen molar-refractivity contribution < 1.29 is 18.8 Å². The van der Waals surface area contributed by atoms with Gasteiger partial charge in [-0.05, 0) is 25.0 Å². The van der Waals surface area contributed by atoms with E-state index in [1.807, 2.05) is 0 Å². The lowest BCUT2D eigenvalue weighted by Gasteiger charge is -2.35. The fourth-order valence-corrected chi connectivity index (χ4v) is 2.87. The van der Waals surface area contributed by atoms with Crippen LogP contribution in [-0.2, 0) is 9.59 Å². The van der Waals surface area contributed by atoms with E-state index >= 15 is 0 Å². The molecular weight excluding hydrogens is 272 g/mol. The highest BCUT2D eigenvalue weighted by Crippen LogP contribution is 2.26. The van der Waals surface area contributed by atoms with E-state index in [2.05, 4.69) is 5.32 Å². The van der Waals surface area contributed by atoms with Crippen LogP contribution in [0.15, 0.2) is 28.6 Å². The summed E-state index contributed by atoms with van der Waals surface area (Å²) in [6, 6.07) is 0.919. The van der Waals surface area contributed by atoms with E-state index in [1.54, 1.807) is 6.07 Å². The van der Waals surface area contributed by atoms with E-state index in [9.17, 15) is 14.4 Å². The third-order valence-corrected chi connectivity index (χ3v) is 3.93. The Morgan fingerprint density at radius 2 is 1.95 bits per heavy atom. The Kier molecular flexibility index (Phi) is 3.60. The number of nitrogens with zero attached hydrogens (tertiary/aromatic N) is 1. The predicted octanol–water partition coefficient (Wildman–Crippen LogP) is 2.07. The summed E-state index contributed by atoms with van der Waals surface area (Å²) in [4.78, 5) is 37.6. The smallest absolute Gasteiger partial charge is 0.331 e. The number of carbonyl (C=O) groups is 3. The molecule has 0 unspecified atom stereocenters. The molecule has 2 heterocycles. The van der Waals surface area contributed by atoms with Crippen LogP contribution in [0.5, 0.6) is 0 Å². The molecule has 1 N–H and O–H groups in total. The van der Waals surface area contributed by atoms with Gasteiger partial charge in [-0.1, -0.05) is 19.3 Å². The van der Waals surface area contributed by atoms with Gasteiger partial charge in [0.05, 0.1) is 12.5 Å². The molecule has 4 amide bonds. The Bertz CT molecular complexity index is 597. The fourth-order valence-electron chi connectivity index (χ4n) is 2.87. The van der Waals surface area contributed by atoms with E-state index in [-0.39, 0.29) is 11.6 Å². The van der Waals surface area contributed by atoms with E-state index in [0.717, 1.165) is 32.1 Å². The Morgan fingerprint density at radius 3 is 2.62 bits per heavy atom. The van der Waals surface area contributed by atoms with Gasteiger partial charge in [0.25, 0.3) is 11.8 Å². The molecule has 0 spiro atoms. The minimum atomic E-state index is -0.654. The van der Waals surface area contributed by atoms with Crippen LogP contribution in [0.1, 0.15) is 37.7 Å². The van der Waals surface area contributed by atoms with Crippen molar-refractivity contribution in [2.75, 3.05) is 0 Å². The summed E-state index contributed by atoms with van der Waals surface area (Å²) in [7, 11) is 0. The summed E-state index contributed by atoms with van der Waals surface area (Å²) >= 11 is 0. The molecule has 6 nitrogen and oxygen atoms in total. The van der Waals surface area contributed by atoms with Crippen LogP contribution in [0.2, 0.25) is 0 Å². The number of nitrogens with one attached hydrogen (secondary N) is 1. The zero-order valence-corrected chi connectivity index (χ0v) is 11.5. The number of furan rings is 1. The predicted molar refractivity (Wildman–Crippen MR) is 73.9 cm³/mol. The molecule has 1 aliphatic heterocycles. The van der Waals surface area contributed by atoms with Gasteiger partial charge in [-0.15, -0.1) is 0 Å². The maximum absolute atomic E-state index is 12.5. The Morgan fingerprint density at radius 1 is 1.19 bits per heavy atom. The molecule has 0 radical (unpaired) electrons. The van der Waals surface area contributed by atoms with E-state index in [0.29, 0.717) is 5.56 Å². The lowest BCUT2D eigenvalue weighted by Crippen LogP contribution is -2.58. The molecule has 0 bridgehead atoms. The molecule has 21 heavy (non-hydrogen) atoms. The maximum atomic E-state index is 12.5. The molecule has 1 saturated heterocycles. The van der Waals surface area contributed by atoms with Crippen molar-refractivity contribution in [2.45, 2.75) is 38.1 Å². The SMILES string of the molecule is O=C1NC(=O)N(C2CCCCC2)C(=O)C1=Cc1ccoc1. The van der Waals surface area contributed by atoms with Crippen LogP contribution in [0, 0.1) is 0 Å². The summed E-state index contributed by atoms with van der Waals surface area (Å²) in [5.41, 5.74) is 0.591. The second-order valence-corrected chi connectivity index (χ2v) is 5.34. The summed E-state index contributed by atoms with van der Waals surface area (Å²) in [6.45, 7) is 0. The molecule has 2 aliphatic rings. The molecule has 1 aromatic heterocycles. The summed E-state index contributed by atoms with van der Waals surface area (Å²) in [6.07, 6.45) is 9.06. The van der Waals surface area contributed by atoms with Crippen molar-refractivity contribution in [1.29, 1.82) is 0 Å². The van der Waals surface area contributed by atoms with Gasteiger partial charge in [-0.3, -0.25) is 19.8 Å². The van der Waals surface area contributed by atoms with Gasteiger partial charge >= 0.3 is 6.03 Å². The number of hydrogen-bond acceptors (Lipinski definition) is 4. The summed E-state index contributed by atoms with van der Waals surface area (Å²) < 4.78 is 4.92. The van der Waals surface area contributed by atoms with Crippen molar-refractivity contribution >= 4 is 23.9 Å². The van der Waals surface area contributed by atoms with Crippen molar-refractivity contribution in [3.63, 3.8) is 0 Å². The standard InChI is InChI=1S/C15H16N2O4/c18-13-12(8-10-6-7-21-9-10)14(19)17(15(20)16-13)11-4-2-1-3-5-11/h6-9,11H,1-5H2,(H,16,18,20). The Hall–Kier alpha value is -2.37. The highest BCUT2D eigenvalue weighted by Gasteiger charge is 2.40. The lowest BCUT2D eigenvalue weighted by atomic mass is 9.93. The molecule has 1 aromatic rings. The molecular formula is C15H16N2O4. The minimum absolute atomic E-state index is 0.0263. The Labute approximate surface area is 121 Å². The zero-order valence-electron chi connectivity index (χ0n) is 11.5.